The summed E-state index contributed by atoms with van der Waals surface area (Å²) in [6.07, 6.45) is 3.91. The number of oxazole rings is 1. The molecule has 0 fully saturated rings. The van der Waals surface area contributed by atoms with Crippen LogP contribution < -0.4 is 4.74 Å². The van der Waals surface area contributed by atoms with E-state index in [1.54, 1.807) is 13.3 Å². The van der Waals surface area contributed by atoms with Gasteiger partial charge in [-0.25, -0.2) is 4.98 Å². The number of rotatable bonds is 4. The summed E-state index contributed by atoms with van der Waals surface area (Å²) in [5.41, 5.74) is 5.80. The highest BCUT2D eigenvalue weighted by atomic mass is 16.5. The van der Waals surface area contributed by atoms with E-state index in [0.717, 1.165) is 47.9 Å². The largest absolute Gasteiger partial charge is 0.496 e. The maximum atomic E-state index is 5.69. The predicted molar refractivity (Wildman–Crippen MR) is 119 cm³/mol. The van der Waals surface area contributed by atoms with Gasteiger partial charge in [0.15, 0.2) is 17.5 Å². The zero-order valence-electron chi connectivity index (χ0n) is 18.3. The van der Waals surface area contributed by atoms with E-state index in [4.69, 9.17) is 9.15 Å². The molecule has 1 aliphatic heterocycles. The molecule has 0 amide bonds. The van der Waals surface area contributed by atoms with Crippen molar-refractivity contribution in [3.05, 3.63) is 71.0 Å². The lowest BCUT2D eigenvalue weighted by atomic mass is 9.89. The van der Waals surface area contributed by atoms with Crippen molar-refractivity contribution < 1.29 is 9.15 Å². The Morgan fingerprint density at radius 1 is 1.03 bits per heavy atom. The maximum absolute atomic E-state index is 5.69. The van der Waals surface area contributed by atoms with Crippen molar-refractivity contribution in [3.8, 4) is 28.5 Å². The van der Waals surface area contributed by atoms with Crippen molar-refractivity contribution in [2.45, 2.75) is 46.1 Å². The molecule has 2 aromatic carbocycles. The van der Waals surface area contributed by atoms with E-state index in [1.807, 2.05) is 25.1 Å². The van der Waals surface area contributed by atoms with Crippen LogP contribution in [0.15, 0.2) is 47.0 Å². The first-order valence-corrected chi connectivity index (χ1v) is 10.7. The molecule has 0 spiro atoms. The van der Waals surface area contributed by atoms with Gasteiger partial charge in [0.2, 0.25) is 0 Å². The Kier molecular flexibility index (Phi) is 4.85. The molecule has 31 heavy (non-hydrogen) atoms. The van der Waals surface area contributed by atoms with E-state index in [9.17, 15) is 0 Å². The van der Waals surface area contributed by atoms with Gasteiger partial charge in [-0.05, 0) is 55.5 Å². The second-order valence-corrected chi connectivity index (χ2v) is 8.23. The quantitative estimate of drug-likeness (QED) is 0.444. The molecule has 1 atom stereocenters. The van der Waals surface area contributed by atoms with Crippen molar-refractivity contribution in [2.24, 2.45) is 0 Å². The summed E-state index contributed by atoms with van der Waals surface area (Å²) >= 11 is 0. The van der Waals surface area contributed by atoms with Gasteiger partial charge in [0, 0.05) is 24.9 Å². The molecule has 5 rings (SSSR count). The number of hydrogen-bond acceptors (Lipinski definition) is 5. The van der Waals surface area contributed by atoms with Crippen LogP contribution in [0.2, 0.25) is 0 Å². The van der Waals surface area contributed by atoms with E-state index < -0.39 is 0 Å². The molecule has 1 aliphatic rings. The van der Waals surface area contributed by atoms with Gasteiger partial charge in [-0.3, -0.25) is 0 Å². The third-order valence-corrected chi connectivity index (χ3v) is 6.25. The normalized spacial score (nSPS) is 15.7. The van der Waals surface area contributed by atoms with Gasteiger partial charge in [-0.1, -0.05) is 24.3 Å². The van der Waals surface area contributed by atoms with Gasteiger partial charge in [0.05, 0.1) is 18.9 Å². The van der Waals surface area contributed by atoms with Crippen LogP contribution in [0.25, 0.3) is 22.7 Å². The minimum atomic E-state index is 0.271. The van der Waals surface area contributed by atoms with Crippen LogP contribution >= 0.6 is 0 Å². The Hall–Kier alpha value is -3.41. The zero-order chi connectivity index (χ0) is 21.5. The van der Waals surface area contributed by atoms with Crippen LogP contribution in [-0.2, 0) is 6.54 Å². The van der Waals surface area contributed by atoms with Gasteiger partial charge < -0.3 is 13.7 Å². The molecular weight excluding hydrogens is 388 g/mol. The lowest BCUT2D eigenvalue weighted by Gasteiger charge is -2.24. The molecule has 1 unspecified atom stereocenters. The highest BCUT2D eigenvalue weighted by Crippen LogP contribution is 2.38. The molecule has 0 bridgehead atoms. The van der Waals surface area contributed by atoms with Gasteiger partial charge in [0.25, 0.3) is 0 Å². The summed E-state index contributed by atoms with van der Waals surface area (Å²) in [4.78, 5) is 4.20. The van der Waals surface area contributed by atoms with Crippen LogP contribution in [0.5, 0.6) is 5.75 Å². The fourth-order valence-corrected chi connectivity index (χ4v) is 4.41. The zero-order valence-corrected chi connectivity index (χ0v) is 18.3. The Labute approximate surface area is 181 Å². The fraction of sp³-hybridized carbons (Fsp3) is 0.320. The standard InChI is InChI=1S/C25H26N4O2/c1-15-7-8-18(12-16(15)2)20-6-5-11-29-24(27-28-25(20)29)19-9-10-21(22(13-19)30-4)23-14-26-17(3)31-23/h7-10,12-14,20H,5-6,11H2,1-4H3. The lowest BCUT2D eigenvalue weighted by Crippen LogP contribution is -2.18. The highest BCUT2D eigenvalue weighted by Gasteiger charge is 2.27. The first kappa shape index (κ1) is 19.5. The third kappa shape index (κ3) is 3.42. The van der Waals surface area contributed by atoms with Crippen molar-refractivity contribution in [2.75, 3.05) is 7.11 Å². The highest BCUT2D eigenvalue weighted by molar-refractivity contribution is 5.71. The van der Waals surface area contributed by atoms with Gasteiger partial charge >= 0.3 is 0 Å². The van der Waals surface area contributed by atoms with E-state index in [1.165, 1.54) is 16.7 Å². The number of fused-ring (bicyclic) bond motifs is 1. The second kappa shape index (κ2) is 7.69. The smallest absolute Gasteiger partial charge is 0.191 e. The molecule has 0 aliphatic carbocycles. The van der Waals surface area contributed by atoms with Crippen molar-refractivity contribution in [1.29, 1.82) is 0 Å². The number of ether oxygens (including phenoxy) is 1. The van der Waals surface area contributed by atoms with Crippen molar-refractivity contribution in [3.63, 3.8) is 0 Å². The number of benzene rings is 2. The summed E-state index contributed by atoms with van der Waals surface area (Å²) in [5.74, 6) is 4.24. The molecule has 0 saturated heterocycles. The van der Waals surface area contributed by atoms with E-state index in [2.05, 4.69) is 51.8 Å². The van der Waals surface area contributed by atoms with Crippen LogP contribution in [0.4, 0.5) is 0 Å². The minimum absolute atomic E-state index is 0.271. The number of methoxy groups -OCH3 is 1. The minimum Gasteiger partial charge on any atom is -0.496 e. The summed E-state index contributed by atoms with van der Waals surface area (Å²) in [6.45, 7) is 7.07. The third-order valence-electron chi connectivity index (χ3n) is 6.25. The van der Waals surface area contributed by atoms with Gasteiger partial charge in [-0.15, -0.1) is 10.2 Å². The first-order valence-electron chi connectivity index (χ1n) is 10.7. The average molecular weight is 415 g/mol. The van der Waals surface area contributed by atoms with Crippen molar-refractivity contribution >= 4 is 0 Å². The first-order chi connectivity index (χ1) is 15.0. The number of hydrogen-bond donors (Lipinski definition) is 0. The molecular formula is C25H26N4O2. The maximum Gasteiger partial charge on any atom is 0.191 e. The fourth-order valence-electron chi connectivity index (χ4n) is 4.41. The topological polar surface area (TPSA) is 66.0 Å². The van der Waals surface area contributed by atoms with Crippen LogP contribution in [0, 0.1) is 20.8 Å². The van der Waals surface area contributed by atoms with Crippen molar-refractivity contribution in [1.82, 2.24) is 19.7 Å². The second-order valence-electron chi connectivity index (χ2n) is 8.23. The number of nitrogens with zero attached hydrogens (tertiary/aromatic N) is 4. The molecule has 0 saturated carbocycles. The predicted octanol–water partition coefficient (Wildman–Crippen LogP) is 5.46. The van der Waals surface area contributed by atoms with Gasteiger partial charge in [-0.2, -0.15) is 0 Å². The lowest BCUT2D eigenvalue weighted by molar-refractivity contribution is 0.414. The Balaban J connectivity index is 1.54. The van der Waals surface area contributed by atoms with Crippen LogP contribution in [-0.4, -0.2) is 26.9 Å². The molecule has 0 N–H and O–H groups in total. The Morgan fingerprint density at radius 2 is 1.90 bits per heavy atom. The molecule has 0 radical (unpaired) electrons. The number of aromatic nitrogens is 4. The summed E-state index contributed by atoms with van der Waals surface area (Å²) < 4.78 is 13.6. The Morgan fingerprint density at radius 3 is 2.65 bits per heavy atom. The molecule has 3 heterocycles. The summed E-state index contributed by atoms with van der Waals surface area (Å²) in [7, 11) is 1.67. The van der Waals surface area contributed by atoms with Gasteiger partial charge in [0.1, 0.15) is 11.6 Å². The summed E-state index contributed by atoms with van der Waals surface area (Å²) in [5, 5.41) is 9.21. The molecule has 2 aromatic heterocycles. The monoisotopic (exact) mass is 414 g/mol. The van der Waals surface area contributed by atoms with E-state index in [0.29, 0.717) is 11.7 Å². The molecule has 6 nitrogen and oxygen atoms in total. The molecule has 158 valence electrons. The Bertz CT molecular complexity index is 1250. The average Bonchev–Trinajstić information content (AvgIpc) is 3.41. The molecule has 6 heteroatoms. The SMILES string of the molecule is COc1cc(-c2nnc3n2CCCC3c2ccc(C)c(C)c2)ccc1-c1cnc(C)o1. The van der Waals surface area contributed by atoms with E-state index >= 15 is 0 Å². The van der Waals surface area contributed by atoms with E-state index in [-0.39, 0.29) is 5.92 Å². The summed E-state index contributed by atoms with van der Waals surface area (Å²) in [6, 6.07) is 12.8. The van der Waals surface area contributed by atoms with Crippen LogP contribution in [0.3, 0.4) is 0 Å². The molecule has 4 aromatic rings. The number of aryl methyl sites for hydroxylation is 3. The van der Waals surface area contributed by atoms with Crippen LogP contribution in [0.1, 0.15) is 47.2 Å².